The molecule has 0 atom stereocenters. The van der Waals surface area contributed by atoms with Crippen LogP contribution in [0, 0.1) is 0 Å². The fourth-order valence-electron chi connectivity index (χ4n) is 2.18. The molecule has 0 radical (unpaired) electrons. The van der Waals surface area contributed by atoms with Gasteiger partial charge >= 0.3 is 0 Å². The summed E-state index contributed by atoms with van der Waals surface area (Å²) in [5.41, 5.74) is 0.845. The summed E-state index contributed by atoms with van der Waals surface area (Å²) in [6.07, 6.45) is 0. The quantitative estimate of drug-likeness (QED) is 0.877. The highest BCUT2D eigenvalue weighted by Crippen LogP contribution is 2.33. The van der Waals surface area contributed by atoms with Gasteiger partial charge in [-0.1, -0.05) is 12.1 Å². The van der Waals surface area contributed by atoms with Gasteiger partial charge in [-0.3, -0.25) is 0 Å². The van der Waals surface area contributed by atoms with Crippen molar-refractivity contribution >= 4 is 10.0 Å². The summed E-state index contributed by atoms with van der Waals surface area (Å²) in [6.45, 7) is 2.81. The number of sulfonamides is 1. The molecular formula is C16H17NO5S. The molecule has 1 heterocycles. The van der Waals surface area contributed by atoms with Crippen LogP contribution in [0.25, 0.3) is 0 Å². The lowest BCUT2D eigenvalue weighted by molar-refractivity contribution is 0.174. The number of ether oxygens (including phenoxy) is 3. The molecule has 6 nitrogen and oxygen atoms in total. The van der Waals surface area contributed by atoms with E-state index in [1.807, 2.05) is 31.2 Å². The van der Waals surface area contributed by atoms with E-state index in [0.29, 0.717) is 18.1 Å². The van der Waals surface area contributed by atoms with E-state index in [1.165, 1.54) is 12.1 Å². The van der Waals surface area contributed by atoms with Crippen molar-refractivity contribution in [1.29, 1.82) is 0 Å². The molecule has 0 spiro atoms. The predicted octanol–water partition coefficient (Wildman–Crippen LogP) is 2.29. The first-order chi connectivity index (χ1) is 11.1. The Kier molecular flexibility index (Phi) is 4.40. The van der Waals surface area contributed by atoms with Gasteiger partial charge in [-0.15, -0.1) is 0 Å². The van der Waals surface area contributed by atoms with Crippen molar-refractivity contribution in [1.82, 2.24) is 4.72 Å². The first kappa shape index (κ1) is 15.6. The van der Waals surface area contributed by atoms with Crippen LogP contribution in [-0.2, 0) is 16.6 Å². The number of hydrogen-bond acceptors (Lipinski definition) is 5. The largest absolute Gasteiger partial charge is 0.494 e. The van der Waals surface area contributed by atoms with E-state index in [1.54, 1.807) is 6.07 Å². The summed E-state index contributed by atoms with van der Waals surface area (Å²) < 4.78 is 43.0. The lowest BCUT2D eigenvalue weighted by Gasteiger charge is -2.08. The van der Waals surface area contributed by atoms with E-state index >= 15 is 0 Å². The van der Waals surface area contributed by atoms with Crippen molar-refractivity contribution in [2.45, 2.75) is 18.4 Å². The molecule has 0 fully saturated rings. The standard InChI is InChI=1S/C16H17NO5S/c1-2-20-13-5-3-12(4-6-13)10-17-23(18,19)14-7-8-15-16(9-14)22-11-21-15/h3-9,17H,2,10-11H2,1H3. The van der Waals surface area contributed by atoms with Crippen LogP contribution in [-0.4, -0.2) is 21.8 Å². The molecule has 3 rings (SSSR count). The first-order valence-corrected chi connectivity index (χ1v) is 8.68. The Labute approximate surface area is 135 Å². The monoisotopic (exact) mass is 335 g/mol. The van der Waals surface area contributed by atoms with Crippen molar-refractivity contribution in [2.75, 3.05) is 13.4 Å². The maximum absolute atomic E-state index is 12.3. The van der Waals surface area contributed by atoms with Gasteiger partial charge in [-0.25, -0.2) is 13.1 Å². The van der Waals surface area contributed by atoms with Gasteiger partial charge in [-0.2, -0.15) is 0 Å². The summed E-state index contributed by atoms with van der Waals surface area (Å²) in [5.74, 6) is 1.75. The molecule has 0 bridgehead atoms. The van der Waals surface area contributed by atoms with Gasteiger partial charge in [0, 0.05) is 12.6 Å². The number of benzene rings is 2. The maximum atomic E-state index is 12.3. The summed E-state index contributed by atoms with van der Waals surface area (Å²) in [7, 11) is -3.62. The first-order valence-electron chi connectivity index (χ1n) is 7.19. The molecule has 2 aromatic rings. The van der Waals surface area contributed by atoms with Gasteiger partial charge in [0.1, 0.15) is 5.75 Å². The van der Waals surface area contributed by atoms with Crippen LogP contribution >= 0.6 is 0 Å². The Morgan fingerprint density at radius 2 is 1.83 bits per heavy atom. The van der Waals surface area contributed by atoms with Crippen LogP contribution in [0.2, 0.25) is 0 Å². The summed E-state index contributed by atoms with van der Waals surface area (Å²) in [4.78, 5) is 0.146. The molecule has 0 saturated heterocycles. The third-order valence-electron chi connectivity index (χ3n) is 3.36. The Morgan fingerprint density at radius 3 is 2.57 bits per heavy atom. The molecule has 122 valence electrons. The minimum absolute atomic E-state index is 0.110. The van der Waals surface area contributed by atoms with Gasteiger partial charge in [0.2, 0.25) is 16.8 Å². The van der Waals surface area contributed by atoms with Crippen molar-refractivity contribution in [3.8, 4) is 17.2 Å². The van der Waals surface area contributed by atoms with E-state index in [0.717, 1.165) is 11.3 Å². The normalized spacial score (nSPS) is 13.1. The Hall–Kier alpha value is -2.25. The van der Waals surface area contributed by atoms with E-state index in [4.69, 9.17) is 14.2 Å². The van der Waals surface area contributed by atoms with Gasteiger partial charge in [-0.05, 0) is 36.8 Å². The van der Waals surface area contributed by atoms with Gasteiger partial charge in [0.25, 0.3) is 0 Å². The average molecular weight is 335 g/mol. The maximum Gasteiger partial charge on any atom is 0.241 e. The number of fused-ring (bicyclic) bond motifs is 1. The fourth-order valence-corrected chi connectivity index (χ4v) is 3.21. The second-order valence-corrected chi connectivity index (χ2v) is 6.68. The van der Waals surface area contributed by atoms with Gasteiger partial charge < -0.3 is 14.2 Å². The number of rotatable bonds is 6. The SMILES string of the molecule is CCOc1ccc(CNS(=O)(=O)c2ccc3c(c2)OCO3)cc1. The molecule has 1 N–H and O–H groups in total. The Balaban J connectivity index is 1.69. The van der Waals surface area contributed by atoms with Crippen LogP contribution < -0.4 is 18.9 Å². The summed E-state index contributed by atoms with van der Waals surface area (Å²) in [6, 6.07) is 11.8. The van der Waals surface area contributed by atoms with Gasteiger partial charge in [0.05, 0.1) is 11.5 Å². The zero-order valence-electron chi connectivity index (χ0n) is 12.6. The zero-order chi connectivity index (χ0) is 16.3. The third kappa shape index (κ3) is 3.57. The minimum atomic E-state index is -3.62. The smallest absolute Gasteiger partial charge is 0.241 e. The molecule has 0 saturated carbocycles. The molecule has 7 heteroatoms. The Morgan fingerprint density at radius 1 is 1.09 bits per heavy atom. The van der Waals surface area contributed by atoms with Crippen molar-refractivity contribution in [2.24, 2.45) is 0 Å². The van der Waals surface area contributed by atoms with Crippen LogP contribution in [0.15, 0.2) is 47.4 Å². The van der Waals surface area contributed by atoms with Crippen LogP contribution in [0.4, 0.5) is 0 Å². The van der Waals surface area contributed by atoms with Crippen molar-refractivity contribution < 1.29 is 22.6 Å². The molecule has 23 heavy (non-hydrogen) atoms. The highest BCUT2D eigenvalue weighted by molar-refractivity contribution is 7.89. The molecule has 2 aromatic carbocycles. The molecule has 0 unspecified atom stereocenters. The number of hydrogen-bond donors (Lipinski definition) is 1. The van der Waals surface area contributed by atoms with Gasteiger partial charge in [0.15, 0.2) is 11.5 Å². The van der Waals surface area contributed by atoms with E-state index in [2.05, 4.69) is 4.72 Å². The summed E-state index contributed by atoms with van der Waals surface area (Å²) in [5, 5.41) is 0. The zero-order valence-corrected chi connectivity index (χ0v) is 13.4. The minimum Gasteiger partial charge on any atom is -0.494 e. The highest BCUT2D eigenvalue weighted by Gasteiger charge is 2.20. The fraction of sp³-hybridized carbons (Fsp3) is 0.250. The van der Waals surface area contributed by atoms with Crippen LogP contribution in [0.5, 0.6) is 17.2 Å². The predicted molar refractivity (Wildman–Crippen MR) is 84.2 cm³/mol. The average Bonchev–Trinajstić information content (AvgIpc) is 3.02. The van der Waals surface area contributed by atoms with E-state index in [-0.39, 0.29) is 18.2 Å². The highest BCUT2D eigenvalue weighted by atomic mass is 32.2. The second-order valence-electron chi connectivity index (χ2n) is 4.92. The molecule has 0 aromatic heterocycles. The molecule has 0 amide bonds. The van der Waals surface area contributed by atoms with E-state index < -0.39 is 10.0 Å². The molecule has 0 aliphatic carbocycles. The van der Waals surface area contributed by atoms with Crippen LogP contribution in [0.3, 0.4) is 0 Å². The number of nitrogens with one attached hydrogen (secondary N) is 1. The van der Waals surface area contributed by atoms with Crippen LogP contribution in [0.1, 0.15) is 12.5 Å². The second kappa shape index (κ2) is 6.47. The lowest BCUT2D eigenvalue weighted by atomic mass is 10.2. The lowest BCUT2D eigenvalue weighted by Crippen LogP contribution is -2.23. The molecule has 1 aliphatic heterocycles. The molecule has 1 aliphatic rings. The van der Waals surface area contributed by atoms with Crippen molar-refractivity contribution in [3.05, 3.63) is 48.0 Å². The molecular weight excluding hydrogens is 318 g/mol. The third-order valence-corrected chi connectivity index (χ3v) is 4.75. The van der Waals surface area contributed by atoms with Crippen molar-refractivity contribution in [3.63, 3.8) is 0 Å². The Bertz CT molecular complexity index is 787. The van der Waals surface area contributed by atoms with E-state index in [9.17, 15) is 8.42 Å². The summed E-state index contributed by atoms with van der Waals surface area (Å²) >= 11 is 0. The topological polar surface area (TPSA) is 73.9 Å².